The van der Waals surface area contributed by atoms with Crippen LogP contribution in [-0.2, 0) is 11.1 Å². The molecule has 4 nitrogen and oxygen atoms in total. The lowest BCUT2D eigenvalue weighted by Crippen LogP contribution is -2.41. The molecule has 1 aromatic rings. The second-order valence-electron chi connectivity index (χ2n) is 3.37. The van der Waals surface area contributed by atoms with E-state index in [0.29, 0.717) is 17.6 Å². The first-order valence-corrected chi connectivity index (χ1v) is 5.83. The van der Waals surface area contributed by atoms with Crippen molar-refractivity contribution in [2.45, 2.75) is 18.0 Å². The molecule has 1 rings (SSSR count). The van der Waals surface area contributed by atoms with Gasteiger partial charge in [0.15, 0.2) is 5.72 Å². The minimum Gasteiger partial charge on any atom is -0.395 e. The molecule has 15 heavy (non-hydrogen) atoms. The molecule has 1 heterocycles. The molecule has 84 valence electrons. The van der Waals surface area contributed by atoms with Gasteiger partial charge >= 0.3 is 0 Å². The molecule has 0 aliphatic heterocycles. The Morgan fingerprint density at radius 1 is 1.53 bits per heavy atom. The second-order valence-corrected chi connectivity index (χ2v) is 3.93. The van der Waals surface area contributed by atoms with Gasteiger partial charge in [0, 0.05) is 11.9 Å². The molecule has 0 aromatic carbocycles. The summed E-state index contributed by atoms with van der Waals surface area (Å²) < 4.78 is 0. The molecule has 0 bridgehead atoms. The maximum atomic E-state index is 10.0. The fourth-order valence-corrected chi connectivity index (χ4v) is 1.53. The lowest BCUT2D eigenvalue weighted by Gasteiger charge is -2.24. The van der Waals surface area contributed by atoms with Crippen LogP contribution in [0.25, 0.3) is 0 Å². The largest absolute Gasteiger partial charge is 0.395 e. The highest BCUT2D eigenvalue weighted by molar-refractivity contribution is 9.08. The molecule has 1 atom stereocenters. The average Bonchev–Trinajstić information content (AvgIpc) is 2.26. The Morgan fingerprint density at radius 2 is 2.27 bits per heavy atom. The molecule has 1 aromatic heterocycles. The van der Waals surface area contributed by atoms with E-state index in [-0.39, 0.29) is 6.61 Å². The van der Waals surface area contributed by atoms with Crippen molar-refractivity contribution in [3.05, 3.63) is 29.6 Å². The molecule has 0 saturated carbocycles. The number of nitrogens with zero attached hydrogens (tertiary/aromatic N) is 1. The SMILES string of the molecule is CC(O)(NCCO)c1cccc(CBr)n1. The summed E-state index contributed by atoms with van der Waals surface area (Å²) >= 11 is 3.31. The second kappa shape index (κ2) is 5.55. The molecule has 0 saturated heterocycles. The van der Waals surface area contributed by atoms with Crippen LogP contribution in [0.2, 0.25) is 0 Å². The summed E-state index contributed by atoms with van der Waals surface area (Å²) in [6, 6.07) is 5.46. The Balaban J connectivity index is 2.83. The smallest absolute Gasteiger partial charge is 0.156 e. The van der Waals surface area contributed by atoms with Gasteiger partial charge in [-0.25, -0.2) is 0 Å². The number of halogens is 1. The zero-order valence-electron chi connectivity index (χ0n) is 8.57. The molecule has 0 fully saturated rings. The third-order valence-corrected chi connectivity index (χ3v) is 2.60. The summed E-state index contributed by atoms with van der Waals surface area (Å²) in [5.74, 6) is 0. The quantitative estimate of drug-likeness (QED) is 0.547. The van der Waals surface area contributed by atoms with Gasteiger partial charge in [-0.05, 0) is 19.1 Å². The molecule has 1 unspecified atom stereocenters. The van der Waals surface area contributed by atoms with Crippen LogP contribution in [-0.4, -0.2) is 28.3 Å². The Morgan fingerprint density at radius 3 is 2.87 bits per heavy atom. The maximum Gasteiger partial charge on any atom is 0.156 e. The van der Waals surface area contributed by atoms with Crippen LogP contribution in [0.1, 0.15) is 18.3 Å². The summed E-state index contributed by atoms with van der Waals surface area (Å²) in [4.78, 5) is 4.27. The van der Waals surface area contributed by atoms with Crippen LogP contribution < -0.4 is 5.32 Å². The zero-order valence-corrected chi connectivity index (χ0v) is 10.2. The first-order valence-electron chi connectivity index (χ1n) is 4.71. The zero-order chi connectivity index (χ0) is 11.3. The van der Waals surface area contributed by atoms with Crippen molar-refractivity contribution >= 4 is 15.9 Å². The van der Waals surface area contributed by atoms with E-state index in [4.69, 9.17) is 5.11 Å². The third-order valence-electron chi connectivity index (χ3n) is 2.02. The van der Waals surface area contributed by atoms with E-state index in [1.807, 2.05) is 12.1 Å². The van der Waals surface area contributed by atoms with Crippen LogP contribution in [0.5, 0.6) is 0 Å². The summed E-state index contributed by atoms with van der Waals surface area (Å²) in [6.07, 6.45) is 0. The number of aromatic nitrogens is 1. The van der Waals surface area contributed by atoms with E-state index in [1.165, 1.54) is 0 Å². The van der Waals surface area contributed by atoms with Crippen molar-refractivity contribution in [2.75, 3.05) is 13.2 Å². The molecule has 0 spiro atoms. The molecular weight excluding hydrogens is 260 g/mol. The number of nitrogens with one attached hydrogen (secondary N) is 1. The highest BCUT2D eigenvalue weighted by Crippen LogP contribution is 2.15. The number of hydrogen-bond acceptors (Lipinski definition) is 4. The molecule has 0 aliphatic rings. The van der Waals surface area contributed by atoms with Crippen LogP contribution in [0.4, 0.5) is 0 Å². The van der Waals surface area contributed by atoms with E-state index < -0.39 is 5.72 Å². The summed E-state index contributed by atoms with van der Waals surface area (Å²) in [7, 11) is 0. The van der Waals surface area contributed by atoms with Gasteiger partial charge in [-0.3, -0.25) is 10.3 Å². The predicted molar refractivity (Wildman–Crippen MR) is 61.5 cm³/mol. The van der Waals surface area contributed by atoms with E-state index in [9.17, 15) is 5.11 Å². The summed E-state index contributed by atoms with van der Waals surface area (Å²) in [5, 5.41) is 22.2. The van der Waals surface area contributed by atoms with E-state index in [2.05, 4.69) is 26.2 Å². The molecule has 5 heteroatoms. The van der Waals surface area contributed by atoms with Crippen molar-refractivity contribution in [3.63, 3.8) is 0 Å². The molecule has 0 aliphatic carbocycles. The average molecular weight is 275 g/mol. The van der Waals surface area contributed by atoms with Crippen molar-refractivity contribution < 1.29 is 10.2 Å². The lowest BCUT2D eigenvalue weighted by atomic mass is 10.1. The van der Waals surface area contributed by atoms with Gasteiger partial charge in [0.1, 0.15) is 0 Å². The van der Waals surface area contributed by atoms with Crippen molar-refractivity contribution in [1.82, 2.24) is 10.3 Å². The van der Waals surface area contributed by atoms with Crippen molar-refractivity contribution in [1.29, 1.82) is 0 Å². The highest BCUT2D eigenvalue weighted by atomic mass is 79.9. The minimum absolute atomic E-state index is 0.0196. The van der Waals surface area contributed by atoms with Gasteiger partial charge in [-0.15, -0.1) is 0 Å². The van der Waals surface area contributed by atoms with Gasteiger partial charge in [0.05, 0.1) is 18.0 Å². The van der Waals surface area contributed by atoms with Crippen molar-refractivity contribution in [3.8, 4) is 0 Å². The summed E-state index contributed by atoms with van der Waals surface area (Å²) in [6.45, 7) is 1.92. The maximum absolute atomic E-state index is 10.0. The summed E-state index contributed by atoms with van der Waals surface area (Å²) in [5.41, 5.74) is 0.201. The number of alkyl halides is 1. The van der Waals surface area contributed by atoms with Gasteiger partial charge < -0.3 is 10.2 Å². The van der Waals surface area contributed by atoms with Gasteiger partial charge in [0.2, 0.25) is 0 Å². The number of rotatable bonds is 5. The fraction of sp³-hybridized carbons (Fsp3) is 0.500. The molecule has 3 N–H and O–H groups in total. The molecule has 0 amide bonds. The standard InChI is InChI=1S/C10H15BrN2O2/c1-10(15,12-5-6-14)9-4-2-3-8(7-11)13-9/h2-4,12,14-15H,5-7H2,1H3. The monoisotopic (exact) mass is 274 g/mol. The third kappa shape index (κ3) is 3.53. The Bertz CT molecular complexity index is 318. The van der Waals surface area contributed by atoms with Gasteiger partial charge in [0.25, 0.3) is 0 Å². The first-order chi connectivity index (χ1) is 7.10. The lowest BCUT2D eigenvalue weighted by molar-refractivity contribution is 0.0117. The Kier molecular flexibility index (Phi) is 4.66. The minimum atomic E-state index is -1.21. The van der Waals surface area contributed by atoms with Gasteiger partial charge in [-0.1, -0.05) is 22.0 Å². The first kappa shape index (κ1) is 12.6. The van der Waals surface area contributed by atoms with Crippen LogP contribution in [0, 0.1) is 0 Å². The van der Waals surface area contributed by atoms with E-state index in [0.717, 1.165) is 5.69 Å². The van der Waals surface area contributed by atoms with Crippen molar-refractivity contribution in [2.24, 2.45) is 0 Å². The molecular formula is C10H15BrN2O2. The Hall–Kier alpha value is -0.490. The van der Waals surface area contributed by atoms with Crippen LogP contribution in [0.15, 0.2) is 18.2 Å². The van der Waals surface area contributed by atoms with Crippen LogP contribution in [0.3, 0.4) is 0 Å². The highest BCUT2D eigenvalue weighted by Gasteiger charge is 2.23. The van der Waals surface area contributed by atoms with Crippen LogP contribution >= 0.6 is 15.9 Å². The number of hydrogen-bond donors (Lipinski definition) is 3. The number of aliphatic hydroxyl groups is 2. The van der Waals surface area contributed by atoms with E-state index >= 15 is 0 Å². The molecule has 0 radical (unpaired) electrons. The predicted octanol–water partition coefficient (Wildman–Crippen LogP) is 0.723. The van der Waals surface area contributed by atoms with E-state index in [1.54, 1.807) is 13.0 Å². The Labute approximate surface area is 97.5 Å². The number of pyridine rings is 1. The fourth-order valence-electron chi connectivity index (χ4n) is 1.21. The topological polar surface area (TPSA) is 65.4 Å². The normalized spacial score (nSPS) is 14.9. The number of aliphatic hydroxyl groups excluding tert-OH is 1. The van der Waals surface area contributed by atoms with Gasteiger partial charge in [-0.2, -0.15) is 0 Å².